The number of rotatable bonds is 2. The zero-order chi connectivity index (χ0) is 19.7. The molecule has 6 nitrogen and oxygen atoms in total. The summed E-state index contributed by atoms with van der Waals surface area (Å²) in [6.07, 6.45) is 4.33. The summed E-state index contributed by atoms with van der Waals surface area (Å²) in [6.45, 7) is 0. The first-order valence-electron chi connectivity index (χ1n) is 8.93. The van der Waals surface area contributed by atoms with E-state index in [2.05, 4.69) is 5.32 Å². The van der Waals surface area contributed by atoms with Crippen LogP contribution >= 0.6 is 0 Å². The lowest BCUT2D eigenvalue weighted by Crippen LogP contribution is -2.22. The number of fused-ring (bicyclic) bond motifs is 2. The average Bonchev–Trinajstić information content (AvgIpc) is 2.69. The lowest BCUT2D eigenvalue weighted by atomic mass is 9.90. The van der Waals surface area contributed by atoms with Crippen LogP contribution in [0.3, 0.4) is 0 Å². The lowest BCUT2D eigenvalue weighted by molar-refractivity contribution is -0.147. The Morgan fingerprint density at radius 3 is 2.61 bits per heavy atom. The number of allylic oxidation sites excluding steroid dienone is 1. The van der Waals surface area contributed by atoms with Crippen molar-refractivity contribution in [3.8, 4) is 0 Å². The van der Waals surface area contributed by atoms with E-state index >= 15 is 0 Å². The minimum Gasteiger partial charge on any atom is -0.474 e. The molecule has 1 aliphatic rings. The van der Waals surface area contributed by atoms with Gasteiger partial charge in [0.25, 0.3) is 0 Å². The van der Waals surface area contributed by atoms with Crippen LogP contribution in [0.25, 0.3) is 22.6 Å². The predicted molar refractivity (Wildman–Crippen MR) is 106 cm³/mol. The van der Waals surface area contributed by atoms with E-state index in [9.17, 15) is 14.4 Å². The first kappa shape index (κ1) is 17.7. The topological polar surface area (TPSA) is 96.6 Å². The summed E-state index contributed by atoms with van der Waals surface area (Å²) in [6, 6.07) is 14.3. The Morgan fingerprint density at radius 2 is 1.86 bits per heavy atom. The van der Waals surface area contributed by atoms with Crippen LogP contribution in [0.2, 0.25) is 0 Å². The Bertz CT molecular complexity index is 1170. The maximum Gasteiger partial charge on any atom is 0.394 e. The largest absolute Gasteiger partial charge is 0.474 e. The van der Waals surface area contributed by atoms with Gasteiger partial charge in [0, 0.05) is 17.3 Å². The molecule has 3 aromatic rings. The smallest absolute Gasteiger partial charge is 0.394 e. The average molecular weight is 375 g/mol. The van der Waals surface area contributed by atoms with Gasteiger partial charge in [-0.1, -0.05) is 30.3 Å². The maximum absolute atomic E-state index is 12.9. The standard InChI is InChI=1S/C22H17NO5/c24-19-16-10-9-15(23-21(25)22(26)27)12-18(16)28-20-14(7-4-8-17(19)20)11-13-5-2-1-3-6-13/h1-3,5-6,9-12H,4,7-8H2,(H,23,25)(H,26,27). The third-order valence-corrected chi connectivity index (χ3v) is 4.74. The lowest BCUT2D eigenvalue weighted by Gasteiger charge is -2.18. The number of carbonyl (C=O) groups excluding carboxylic acids is 1. The van der Waals surface area contributed by atoms with Crippen LogP contribution in [-0.2, 0) is 16.0 Å². The summed E-state index contributed by atoms with van der Waals surface area (Å²) in [5.41, 5.74) is 3.11. The Kier molecular flexibility index (Phi) is 4.53. The Morgan fingerprint density at radius 1 is 1.07 bits per heavy atom. The summed E-state index contributed by atoms with van der Waals surface area (Å²) >= 11 is 0. The van der Waals surface area contributed by atoms with Crippen molar-refractivity contribution in [2.24, 2.45) is 0 Å². The van der Waals surface area contributed by atoms with Gasteiger partial charge < -0.3 is 14.8 Å². The molecule has 6 heteroatoms. The first-order chi connectivity index (χ1) is 13.5. The van der Waals surface area contributed by atoms with Gasteiger partial charge in [-0.25, -0.2) is 4.79 Å². The van der Waals surface area contributed by atoms with Crippen molar-refractivity contribution in [3.63, 3.8) is 0 Å². The van der Waals surface area contributed by atoms with E-state index in [4.69, 9.17) is 9.52 Å². The van der Waals surface area contributed by atoms with E-state index in [-0.39, 0.29) is 11.1 Å². The highest BCUT2D eigenvalue weighted by Gasteiger charge is 2.22. The molecule has 1 aliphatic carbocycles. The van der Waals surface area contributed by atoms with Crippen LogP contribution in [0.4, 0.5) is 5.69 Å². The Hall–Kier alpha value is -3.67. The number of hydrogen-bond donors (Lipinski definition) is 2. The second-order valence-corrected chi connectivity index (χ2v) is 6.64. The fourth-order valence-corrected chi connectivity index (χ4v) is 3.44. The number of nitrogens with one attached hydrogen (secondary N) is 1. The van der Waals surface area contributed by atoms with Crippen molar-refractivity contribution < 1.29 is 19.1 Å². The van der Waals surface area contributed by atoms with Gasteiger partial charge in [-0.05, 0) is 48.6 Å². The van der Waals surface area contributed by atoms with Crippen molar-refractivity contribution in [3.05, 3.63) is 75.6 Å². The molecular weight excluding hydrogens is 358 g/mol. The molecule has 2 aromatic carbocycles. The molecule has 0 saturated heterocycles. The molecule has 2 N–H and O–H groups in total. The number of amides is 1. The molecule has 0 fully saturated rings. The fourth-order valence-electron chi connectivity index (χ4n) is 3.44. The second-order valence-electron chi connectivity index (χ2n) is 6.64. The summed E-state index contributed by atoms with van der Waals surface area (Å²) in [5, 5.41) is 11.4. The molecule has 0 atom stereocenters. The van der Waals surface area contributed by atoms with Crippen molar-refractivity contribution in [1.29, 1.82) is 0 Å². The van der Waals surface area contributed by atoms with E-state index in [0.717, 1.165) is 24.0 Å². The van der Waals surface area contributed by atoms with Gasteiger partial charge in [-0.15, -0.1) is 0 Å². The minimum absolute atomic E-state index is 0.0916. The van der Waals surface area contributed by atoms with Gasteiger partial charge in [-0.3, -0.25) is 9.59 Å². The van der Waals surface area contributed by atoms with Gasteiger partial charge in [0.05, 0.1) is 5.39 Å². The molecule has 1 amide bonds. The Balaban J connectivity index is 1.83. The molecule has 0 radical (unpaired) electrons. The molecule has 0 bridgehead atoms. The molecule has 4 rings (SSSR count). The molecular formula is C22H17NO5. The van der Waals surface area contributed by atoms with Crippen LogP contribution < -0.4 is 10.7 Å². The number of anilines is 1. The van der Waals surface area contributed by atoms with Crippen molar-refractivity contribution in [1.82, 2.24) is 0 Å². The van der Waals surface area contributed by atoms with E-state index < -0.39 is 11.9 Å². The van der Waals surface area contributed by atoms with Gasteiger partial charge in [0.2, 0.25) is 0 Å². The van der Waals surface area contributed by atoms with E-state index in [1.807, 2.05) is 36.4 Å². The highest BCUT2D eigenvalue weighted by molar-refractivity contribution is 6.36. The zero-order valence-electron chi connectivity index (χ0n) is 14.9. The van der Waals surface area contributed by atoms with Gasteiger partial charge in [0.15, 0.2) is 5.43 Å². The van der Waals surface area contributed by atoms with Crippen molar-refractivity contribution in [2.75, 3.05) is 5.32 Å². The molecule has 140 valence electrons. The van der Waals surface area contributed by atoms with Gasteiger partial charge >= 0.3 is 11.9 Å². The van der Waals surface area contributed by atoms with Crippen LogP contribution in [0, 0.1) is 0 Å². The predicted octanol–water partition coefficient (Wildman–Crippen LogP) is 3.69. The molecule has 0 unspecified atom stereocenters. The fraction of sp³-hybridized carbons (Fsp3) is 0.136. The molecule has 1 aromatic heterocycles. The SMILES string of the molecule is O=C(O)C(=O)Nc1ccc2c(=O)c3c(oc2c1)C(=Cc1ccccc1)CCC3. The highest BCUT2D eigenvalue weighted by atomic mass is 16.4. The van der Waals surface area contributed by atoms with E-state index in [1.54, 1.807) is 6.07 Å². The maximum atomic E-state index is 12.9. The van der Waals surface area contributed by atoms with Crippen LogP contribution in [0.1, 0.15) is 29.7 Å². The molecule has 1 heterocycles. The normalized spacial score (nSPS) is 14.6. The van der Waals surface area contributed by atoms with Crippen LogP contribution in [0.15, 0.2) is 57.7 Å². The third kappa shape index (κ3) is 3.32. The van der Waals surface area contributed by atoms with E-state index in [0.29, 0.717) is 28.7 Å². The van der Waals surface area contributed by atoms with Crippen molar-refractivity contribution >= 4 is 40.2 Å². The number of carbonyl (C=O) groups is 2. The number of benzene rings is 2. The number of hydrogen-bond acceptors (Lipinski definition) is 4. The number of aliphatic carboxylic acids is 1. The summed E-state index contributed by atoms with van der Waals surface area (Å²) in [5.74, 6) is -2.17. The molecule has 28 heavy (non-hydrogen) atoms. The number of carboxylic acids is 1. The summed E-state index contributed by atoms with van der Waals surface area (Å²) in [4.78, 5) is 35.1. The van der Waals surface area contributed by atoms with Gasteiger partial charge in [-0.2, -0.15) is 0 Å². The van der Waals surface area contributed by atoms with Gasteiger partial charge in [0.1, 0.15) is 11.3 Å². The quantitative estimate of drug-likeness (QED) is 0.666. The molecule has 0 saturated carbocycles. The molecule has 0 spiro atoms. The summed E-state index contributed by atoms with van der Waals surface area (Å²) < 4.78 is 6.07. The monoisotopic (exact) mass is 375 g/mol. The minimum atomic E-state index is -1.58. The number of carboxylic acid groups (broad SMARTS) is 1. The Labute approximate surface area is 160 Å². The zero-order valence-corrected chi connectivity index (χ0v) is 14.9. The van der Waals surface area contributed by atoms with Crippen molar-refractivity contribution in [2.45, 2.75) is 19.3 Å². The van der Waals surface area contributed by atoms with Crippen LogP contribution in [-0.4, -0.2) is 17.0 Å². The second kappa shape index (κ2) is 7.15. The summed E-state index contributed by atoms with van der Waals surface area (Å²) in [7, 11) is 0. The molecule has 0 aliphatic heterocycles. The van der Waals surface area contributed by atoms with E-state index in [1.165, 1.54) is 12.1 Å². The highest BCUT2D eigenvalue weighted by Crippen LogP contribution is 2.33. The first-order valence-corrected chi connectivity index (χ1v) is 8.93. The van der Waals surface area contributed by atoms with Crippen LogP contribution in [0.5, 0.6) is 0 Å². The third-order valence-electron chi connectivity index (χ3n) is 4.74.